The van der Waals surface area contributed by atoms with Crippen LogP contribution in [0.4, 0.5) is 0 Å². The van der Waals surface area contributed by atoms with Crippen LogP contribution in [0.3, 0.4) is 0 Å². The van der Waals surface area contributed by atoms with E-state index < -0.39 is 8.07 Å². The summed E-state index contributed by atoms with van der Waals surface area (Å²) in [5.74, 6) is 0. The summed E-state index contributed by atoms with van der Waals surface area (Å²) in [5, 5.41) is 1.53. The van der Waals surface area contributed by atoms with Gasteiger partial charge >= 0.3 is 145 Å². The molecule has 0 spiro atoms. The Hall–Kier alpha value is -0.140. The molecule has 0 aliphatic heterocycles. The van der Waals surface area contributed by atoms with Gasteiger partial charge < -0.3 is 0 Å². The van der Waals surface area contributed by atoms with Gasteiger partial charge in [-0.1, -0.05) is 0 Å². The molecule has 0 amide bonds. The van der Waals surface area contributed by atoms with Gasteiger partial charge in [0.2, 0.25) is 0 Å². The fourth-order valence-electron chi connectivity index (χ4n) is 2.95. The molecule has 1 atom stereocenters. The van der Waals surface area contributed by atoms with Crippen molar-refractivity contribution in [2.24, 2.45) is 0 Å². The van der Waals surface area contributed by atoms with Crippen LogP contribution in [0, 0.1) is 0 Å². The molecular weight excluding hydrogens is 418 g/mol. The minimum absolute atomic E-state index is 0. The van der Waals surface area contributed by atoms with E-state index in [0.29, 0.717) is 3.63 Å². The average molecular weight is 442 g/mol. The SMILES string of the molecule is CC1=Cc2c(-c3ccc([Si](C)(C)C)cc3)cccc2[CH]1[Zr].Cl.Cl. The molecule has 0 radical (unpaired) electrons. The van der Waals surface area contributed by atoms with Gasteiger partial charge in [0.25, 0.3) is 0 Å². The molecule has 2 aromatic rings. The van der Waals surface area contributed by atoms with E-state index >= 15 is 0 Å². The van der Waals surface area contributed by atoms with Crippen molar-refractivity contribution in [3.05, 3.63) is 59.2 Å². The van der Waals surface area contributed by atoms with Crippen LogP contribution in [0.2, 0.25) is 19.6 Å². The van der Waals surface area contributed by atoms with E-state index in [1.165, 1.54) is 33.0 Å². The summed E-state index contributed by atoms with van der Waals surface area (Å²) in [6.45, 7) is 9.47. The Morgan fingerprint density at radius 2 is 1.52 bits per heavy atom. The van der Waals surface area contributed by atoms with E-state index in [4.69, 9.17) is 0 Å². The van der Waals surface area contributed by atoms with Gasteiger partial charge in [0.15, 0.2) is 0 Å². The van der Waals surface area contributed by atoms with E-state index in [9.17, 15) is 0 Å². The molecule has 3 rings (SSSR count). The molecule has 4 heteroatoms. The van der Waals surface area contributed by atoms with Gasteiger partial charge in [-0.3, -0.25) is 0 Å². The van der Waals surface area contributed by atoms with E-state index in [1.807, 2.05) is 0 Å². The number of halogens is 2. The van der Waals surface area contributed by atoms with Gasteiger partial charge in [-0.2, -0.15) is 0 Å². The second kappa shape index (κ2) is 7.83. The Balaban J connectivity index is 0.00000132. The van der Waals surface area contributed by atoms with Crippen LogP contribution in [0.5, 0.6) is 0 Å². The van der Waals surface area contributed by atoms with Crippen molar-refractivity contribution in [3.8, 4) is 11.1 Å². The maximum atomic E-state index is 2.40. The predicted molar refractivity (Wildman–Crippen MR) is 106 cm³/mol. The molecule has 0 heterocycles. The van der Waals surface area contributed by atoms with Crippen LogP contribution in [-0.2, 0) is 24.7 Å². The van der Waals surface area contributed by atoms with Crippen molar-refractivity contribution in [2.45, 2.75) is 30.2 Å². The summed E-state index contributed by atoms with van der Waals surface area (Å²) in [6, 6.07) is 16.1. The first-order valence-corrected chi connectivity index (χ1v) is 12.4. The first kappa shape index (κ1) is 20.9. The molecule has 2 aromatic carbocycles. The quantitative estimate of drug-likeness (QED) is 0.521. The third-order valence-corrected chi connectivity index (χ3v) is 8.29. The summed E-state index contributed by atoms with van der Waals surface area (Å²) in [4.78, 5) is 0. The number of rotatable bonds is 2. The van der Waals surface area contributed by atoms with Gasteiger partial charge in [-0.15, -0.1) is 24.8 Å². The molecule has 23 heavy (non-hydrogen) atoms. The van der Waals surface area contributed by atoms with Crippen molar-refractivity contribution in [1.82, 2.24) is 0 Å². The zero-order valence-corrected chi connectivity index (χ0v) is 19.1. The smallest absolute Gasteiger partial charge is 0.147 e. The van der Waals surface area contributed by atoms with E-state index in [1.54, 1.807) is 24.7 Å². The fourth-order valence-corrected chi connectivity index (χ4v) is 4.94. The zero-order chi connectivity index (χ0) is 15.2. The minimum atomic E-state index is -1.21. The molecule has 1 unspecified atom stereocenters. The van der Waals surface area contributed by atoms with Crippen LogP contribution in [0.25, 0.3) is 17.2 Å². The summed E-state index contributed by atoms with van der Waals surface area (Å²) in [7, 11) is -1.21. The minimum Gasteiger partial charge on any atom is -0.147 e. The summed E-state index contributed by atoms with van der Waals surface area (Å²) in [5.41, 5.74) is 7.20. The number of fused-ring (bicyclic) bond motifs is 1. The first-order valence-electron chi connectivity index (χ1n) is 7.51. The molecule has 0 fully saturated rings. The van der Waals surface area contributed by atoms with Gasteiger partial charge in [0.1, 0.15) is 0 Å². The van der Waals surface area contributed by atoms with Crippen LogP contribution in [-0.4, -0.2) is 8.07 Å². The largest absolute Gasteiger partial charge is 0.147 e. The zero-order valence-electron chi connectivity index (χ0n) is 14.0. The van der Waals surface area contributed by atoms with Crippen LogP contribution < -0.4 is 5.19 Å². The monoisotopic (exact) mass is 439 g/mol. The van der Waals surface area contributed by atoms with Crippen molar-refractivity contribution >= 4 is 44.2 Å². The van der Waals surface area contributed by atoms with Crippen LogP contribution in [0.1, 0.15) is 21.7 Å². The standard InChI is InChI=1S/C19H21Si.2ClH.Zr/c1-14-12-16-6-5-7-18(19(16)13-14)15-8-10-17(11-9-15)20(2,3)4;;;/h5-13H,1-4H3;2*1H;. The molecule has 1 aliphatic rings. The molecule has 1 aliphatic carbocycles. The van der Waals surface area contributed by atoms with E-state index in [2.05, 4.69) is 75.1 Å². The predicted octanol–water partition coefficient (Wildman–Crippen LogP) is 5.75. The number of benzene rings is 2. The molecule has 121 valence electrons. The van der Waals surface area contributed by atoms with Crippen molar-refractivity contribution in [3.63, 3.8) is 0 Å². The van der Waals surface area contributed by atoms with Gasteiger partial charge in [0.05, 0.1) is 0 Å². The molecule has 0 nitrogen and oxygen atoms in total. The second-order valence-corrected chi connectivity index (χ2v) is 13.5. The third-order valence-electron chi connectivity index (χ3n) is 4.34. The summed E-state index contributed by atoms with van der Waals surface area (Å²) in [6.07, 6.45) is 2.39. The molecule has 0 bridgehead atoms. The molecular formula is C19H23Cl2SiZr. The van der Waals surface area contributed by atoms with Crippen molar-refractivity contribution < 1.29 is 24.7 Å². The first-order chi connectivity index (χ1) is 9.88. The Labute approximate surface area is 168 Å². The Morgan fingerprint density at radius 1 is 0.913 bits per heavy atom. The van der Waals surface area contributed by atoms with Gasteiger partial charge in [0, 0.05) is 0 Å². The van der Waals surface area contributed by atoms with Crippen molar-refractivity contribution in [2.75, 3.05) is 0 Å². The maximum Gasteiger partial charge on any atom is -0.147 e. The van der Waals surface area contributed by atoms with E-state index in [0.717, 1.165) is 0 Å². The summed E-state index contributed by atoms with van der Waals surface area (Å²) < 4.78 is 0.647. The number of hydrogen-bond acceptors (Lipinski definition) is 0. The van der Waals surface area contributed by atoms with Crippen LogP contribution >= 0.6 is 24.8 Å². The Kier molecular flexibility index (Phi) is 7.11. The molecule has 0 N–H and O–H groups in total. The normalized spacial score (nSPS) is 16.0. The van der Waals surface area contributed by atoms with Crippen LogP contribution in [0.15, 0.2) is 48.0 Å². The Bertz CT molecular complexity index is 715. The fraction of sp³-hybridized carbons (Fsp3) is 0.263. The van der Waals surface area contributed by atoms with Gasteiger partial charge in [-0.25, -0.2) is 0 Å². The average Bonchev–Trinajstić information content (AvgIpc) is 2.74. The molecule has 0 saturated carbocycles. The molecule has 0 saturated heterocycles. The maximum absolute atomic E-state index is 2.40. The van der Waals surface area contributed by atoms with E-state index in [-0.39, 0.29) is 24.8 Å². The Morgan fingerprint density at radius 3 is 2.09 bits per heavy atom. The third kappa shape index (κ3) is 4.10. The number of hydrogen-bond donors (Lipinski definition) is 0. The second-order valence-electron chi connectivity index (χ2n) is 6.96. The van der Waals surface area contributed by atoms with Gasteiger partial charge in [-0.05, 0) is 0 Å². The topological polar surface area (TPSA) is 0 Å². The summed E-state index contributed by atoms with van der Waals surface area (Å²) >= 11 is 1.59. The molecule has 0 aromatic heterocycles. The number of allylic oxidation sites excluding steroid dienone is 1. The van der Waals surface area contributed by atoms with Crippen molar-refractivity contribution in [1.29, 1.82) is 0 Å².